The lowest BCUT2D eigenvalue weighted by Gasteiger charge is -2.11. The number of carboxylic acids is 1. The van der Waals surface area contributed by atoms with Gasteiger partial charge in [-0.25, -0.2) is 9.78 Å². The van der Waals surface area contributed by atoms with Crippen molar-refractivity contribution in [2.75, 3.05) is 19.1 Å². The van der Waals surface area contributed by atoms with Gasteiger partial charge >= 0.3 is 5.97 Å². The van der Waals surface area contributed by atoms with Gasteiger partial charge in [-0.15, -0.1) is 0 Å². The predicted molar refractivity (Wildman–Crippen MR) is 91.6 cm³/mol. The minimum Gasteiger partial charge on any atom is -0.491 e. The molecule has 0 aliphatic carbocycles. The number of hydrazone groups is 1. The van der Waals surface area contributed by atoms with Gasteiger partial charge in [-0.3, -0.25) is 5.43 Å². The Morgan fingerprint density at radius 3 is 2.83 bits per heavy atom. The van der Waals surface area contributed by atoms with Gasteiger partial charge in [0.05, 0.1) is 30.5 Å². The number of aromatic nitrogens is 1. The summed E-state index contributed by atoms with van der Waals surface area (Å²) in [5.74, 6) is 0.377. The van der Waals surface area contributed by atoms with Crippen molar-refractivity contribution in [1.82, 2.24) is 4.98 Å². The van der Waals surface area contributed by atoms with Crippen molar-refractivity contribution in [3.8, 4) is 11.5 Å². The first-order valence-electron chi connectivity index (χ1n) is 7.04. The third-order valence-corrected chi connectivity index (χ3v) is 3.22. The highest BCUT2D eigenvalue weighted by molar-refractivity contribution is 6.32. The fourth-order valence-electron chi connectivity index (χ4n) is 1.88. The first kappa shape index (κ1) is 17.6. The number of ether oxygens (including phenoxy) is 2. The maximum Gasteiger partial charge on any atom is 0.337 e. The zero-order valence-corrected chi connectivity index (χ0v) is 13.9. The Balaban J connectivity index is 2.12. The van der Waals surface area contributed by atoms with Crippen LogP contribution in [0.15, 0.2) is 35.6 Å². The van der Waals surface area contributed by atoms with Crippen LogP contribution >= 0.6 is 11.6 Å². The molecule has 0 saturated heterocycles. The van der Waals surface area contributed by atoms with Crippen molar-refractivity contribution in [3.63, 3.8) is 0 Å². The molecule has 24 heavy (non-hydrogen) atoms. The van der Waals surface area contributed by atoms with Crippen LogP contribution in [0.3, 0.4) is 0 Å². The van der Waals surface area contributed by atoms with E-state index < -0.39 is 5.97 Å². The average Bonchev–Trinajstić information content (AvgIpc) is 2.55. The molecule has 0 fully saturated rings. The molecular formula is C16H16ClN3O4. The van der Waals surface area contributed by atoms with Crippen LogP contribution in [0, 0.1) is 0 Å². The van der Waals surface area contributed by atoms with Crippen molar-refractivity contribution in [2.24, 2.45) is 5.10 Å². The summed E-state index contributed by atoms with van der Waals surface area (Å²) in [6.45, 7) is 2.34. The molecule has 2 N–H and O–H groups in total. The number of carbonyl (C=O) groups is 1. The summed E-state index contributed by atoms with van der Waals surface area (Å²) in [6.07, 6.45) is 2.79. The number of nitrogens with one attached hydrogen (secondary N) is 1. The summed E-state index contributed by atoms with van der Waals surface area (Å²) in [6, 6.07) is 6.40. The van der Waals surface area contributed by atoms with E-state index in [1.165, 1.54) is 25.4 Å². The molecule has 0 saturated carbocycles. The fourth-order valence-corrected chi connectivity index (χ4v) is 2.18. The van der Waals surface area contributed by atoms with Crippen molar-refractivity contribution >= 4 is 29.6 Å². The number of methoxy groups -OCH3 is 1. The SMILES string of the molecule is CCOc1cc(/C=N/Nc2ccc(C(=O)O)cn2)cc(Cl)c1OC. The van der Waals surface area contributed by atoms with Crippen molar-refractivity contribution in [1.29, 1.82) is 0 Å². The summed E-state index contributed by atoms with van der Waals surface area (Å²) in [7, 11) is 1.52. The van der Waals surface area contributed by atoms with E-state index in [0.29, 0.717) is 34.5 Å². The number of hydrogen-bond donors (Lipinski definition) is 2. The number of rotatable bonds is 7. The summed E-state index contributed by atoms with van der Waals surface area (Å²) in [5.41, 5.74) is 3.52. The molecule has 0 bridgehead atoms. The van der Waals surface area contributed by atoms with Gasteiger partial charge in [-0.2, -0.15) is 5.10 Å². The van der Waals surface area contributed by atoms with E-state index in [-0.39, 0.29) is 5.56 Å². The molecule has 1 heterocycles. The van der Waals surface area contributed by atoms with Crippen molar-refractivity contribution in [2.45, 2.75) is 6.92 Å². The van der Waals surface area contributed by atoms with Gasteiger partial charge in [0.2, 0.25) is 0 Å². The summed E-state index contributed by atoms with van der Waals surface area (Å²) < 4.78 is 10.7. The first-order valence-corrected chi connectivity index (χ1v) is 7.41. The van der Waals surface area contributed by atoms with Gasteiger partial charge in [-0.1, -0.05) is 11.6 Å². The Morgan fingerprint density at radius 2 is 2.25 bits per heavy atom. The Bertz CT molecular complexity index is 748. The number of pyridine rings is 1. The van der Waals surface area contributed by atoms with Crippen LogP contribution in [0.5, 0.6) is 11.5 Å². The standard InChI is InChI=1S/C16H16ClN3O4/c1-3-24-13-7-10(6-12(17)15(13)23-2)8-19-20-14-5-4-11(9-18-14)16(21)22/h4-9H,3H2,1-2H3,(H,18,20)(H,21,22)/b19-8+. The van der Waals surface area contributed by atoms with Crippen LogP contribution < -0.4 is 14.9 Å². The van der Waals surface area contributed by atoms with E-state index >= 15 is 0 Å². The molecule has 8 heteroatoms. The third kappa shape index (κ3) is 4.36. The average molecular weight is 350 g/mol. The van der Waals surface area contributed by atoms with Gasteiger partial charge in [0.1, 0.15) is 5.82 Å². The summed E-state index contributed by atoms with van der Waals surface area (Å²) >= 11 is 6.16. The number of anilines is 1. The summed E-state index contributed by atoms with van der Waals surface area (Å²) in [4.78, 5) is 14.7. The highest BCUT2D eigenvalue weighted by Gasteiger charge is 2.10. The lowest BCUT2D eigenvalue weighted by atomic mass is 10.2. The monoisotopic (exact) mass is 349 g/mol. The molecule has 0 spiro atoms. The van der Waals surface area contributed by atoms with Gasteiger partial charge in [-0.05, 0) is 36.8 Å². The molecule has 0 amide bonds. The topological polar surface area (TPSA) is 93.0 Å². The van der Waals surface area contributed by atoms with Gasteiger partial charge in [0, 0.05) is 6.20 Å². The van der Waals surface area contributed by atoms with E-state index in [9.17, 15) is 4.79 Å². The Kier molecular flexibility index (Phi) is 5.97. The molecule has 126 valence electrons. The normalized spacial score (nSPS) is 10.6. The highest BCUT2D eigenvalue weighted by atomic mass is 35.5. The molecule has 1 aromatic heterocycles. The molecule has 7 nitrogen and oxygen atoms in total. The largest absolute Gasteiger partial charge is 0.491 e. The van der Waals surface area contributed by atoms with Gasteiger partial charge < -0.3 is 14.6 Å². The smallest absolute Gasteiger partial charge is 0.337 e. The highest BCUT2D eigenvalue weighted by Crippen LogP contribution is 2.35. The Hall–Kier alpha value is -2.80. The van der Waals surface area contributed by atoms with E-state index in [1.807, 2.05) is 6.92 Å². The van der Waals surface area contributed by atoms with Gasteiger partial charge in [0.25, 0.3) is 0 Å². The number of nitrogens with zero attached hydrogens (tertiary/aromatic N) is 2. The van der Waals surface area contributed by atoms with Gasteiger partial charge in [0.15, 0.2) is 11.5 Å². The lowest BCUT2D eigenvalue weighted by Crippen LogP contribution is -2.00. The molecule has 0 aliphatic heterocycles. The quantitative estimate of drug-likeness (QED) is 0.588. The minimum absolute atomic E-state index is 0.104. The minimum atomic E-state index is -1.03. The maximum atomic E-state index is 10.8. The predicted octanol–water partition coefficient (Wildman–Crippen LogP) is 3.29. The van der Waals surface area contributed by atoms with Crippen LogP contribution in [0.2, 0.25) is 5.02 Å². The Morgan fingerprint density at radius 1 is 1.46 bits per heavy atom. The second kappa shape index (κ2) is 8.16. The number of halogens is 1. The summed E-state index contributed by atoms with van der Waals surface area (Å²) in [5, 5.41) is 13.3. The number of hydrogen-bond acceptors (Lipinski definition) is 6. The van der Waals surface area contributed by atoms with Crippen LogP contribution in [0.25, 0.3) is 0 Å². The molecule has 2 rings (SSSR count). The fraction of sp³-hybridized carbons (Fsp3) is 0.188. The van der Waals surface area contributed by atoms with Crippen LogP contribution in [-0.4, -0.2) is 36.0 Å². The third-order valence-electron chi connectivity index (χ3n) is 2.94. The zero-order chi connectivity index (χ0) is 17.5. The van der Waals surface area contributed by atoms with E-state index in [4.69, 9.17) is 26.2 Å². The van der Waals surface area contributed by atoms with Crippen LogP contribution in [-0.2, 0) is 0 Å². The maximum absolute atomic E-state index is 10.8. The molecular weight excluding hydrogens is 334 g/mol. The van der Waals surface area contributed by atoms with E-state index in [2.05, 4.69) is 15.5 Å². The molecule has 2 aromatic rings. The number of benzene rings is 1. The molecule has 0 unspecified atom stereocenters. The molecule has 0 radical (unpaired) electrons. The first-order chi connectivity index (χ1) is 11.5. The lowest BCUT2D eigenvalue weighted by molar-refractivity contribution is 0.0696. The van der Waals surface area contributed by atoms with Crippen LogP contribution in [0.4, 0.5) is 5.82 Å². The molecule has 1 aromatic carbocycles. The van der Waals surface area contributed by atoms with Crippen molar-refractivity contribution < 1.29 is 19.4 Å². The van der Waals surface area contributed by atoms with E-state index in [0.717, 1.165) is 0 Å². The van der Waals surface area contributed by atoms with Crippen molar-refractivity contribution in [3.05, 3.63) is 46.6 Å². The second-order valence-corrected chi connectivity index (χ2v) is 4.98. The Labute approximate surface area is 143 Å². The molecule has 0 aliphatic rings. The number of aromatic carboxylic acids is 1. The van der Waals surface area contributed by atoms with E-state index in [1.54, 1.807) is 18.3 Å². The van der Waals surface area contributed by atoms with Crippen LogP contribution in [0.1, 0.15) is 22.8 Å². The molecule has 0 atom stereocenters. The second-order valence-electron chi connectivity index (χ2n) is 4.57. The zero-order valence-electron chi connectivity index (χ0n) is 13.1. The number of carboxylic acid groups (broad SMARTS) is 1.